The van der Waals surface area contributed by atoms with Crippen LogP contribution in [0.4, 0.5) is 0 Å². The molecule has 2 saturated carbocycles. The average Bonchev–Trinajstić information content (AvgIpc) is 2.23. The summed E-state index contributed by atoms with van der Waals surface area (Å²) in [5.74, 6) is 1.20. The van der Waals surface area contributed by atoms with Gasteiger partial charge < -0.3 is 4.74 Å². The summed E-state index contributed by atoms with van der Waals surface area (Å²) in [5, 5.41) is 0. The molecule has 2 heteroatoms. The Balaban J connectivity index is 2.19. The van der Waals surface area contributed by atoms with Crippen LogP contribution in [0.25, 0.3) is 0 Å². The SMILES string of the molecule is CC(=O)O[C@H]1[C@@H](C)CCC2CCCCC21C. The first kappa shape index (κ1) is 11.9. The molecule has 0 aromatic heterocycles. The number of ether oxygens (including phenoxy) is 1. The first-order valence-corrected chi connectivity index (χ1v) is 6.71. The van der Waals surface area contributed by atoms with Gasteiger partial charge in [0.15, 0.2) is 0 Å². The molecule has 2 fully saturated rings. The lowest BCUT2D eigenvalue weighted by molar-refractivity contribution is -0.170. The van der Waals surface area contributed by atoms with Gasteiger partial charge in [-0.25, -0.2) is 0 Å². The quantitative estimate of drug-likeness (QED) is 0.637. The summed E-state index contributed by atoms with van der Waals surface area (Å²) < 4.78 is 5.64. The van der Waals surface area contributed by atoms with Crippen LogP contribution in [0, 0.1) is 17.3 Å². The molecule has 2 unspecified atom stereocenters. The molecule has 0 aliphatic heterocycles. The fourth-order valence-electron chi connectivity index (χ4n) is 3.97. The van der Waals surface area contributed by atoms with E-state index < -0.39 is 0 Å². The van der Waals surface area contributed by atoms with Crippen LogP contribution in [0.1, 0.15) is 59.3 Å². The summed E-state index contributed by atoms with van der Waals surface area (Å²) in [6, 6.07) is 0. The van der Waals surface area contributed by atoms with Crippen LogP contribution in [-0.4, -0.2) is 12.1 Å². The van der Waals surface area contributed by atoms with Crippen molar-refractivity contribution < 1.29 is 9.53 Å². The van der Waals surface area contributed by atoms with E-state index in [1.54, 1.807) is 6.92 Å². The van der Waals surface area contributed by atoms with Crippen LogP contribution in [0.15, 0.2) is 0 Å². The topological polar surface area (TPSA) is 26.3 Å². The molecule has 2 rings (SSSR count). The van der Waals surface area contributed by atoms with Gasteiger partial charge in [0.1, 0.15) is 6.10 Å². The van der Waals surface area contributed by atoms with Crippen LogP contribution in [-0.2, 0) is 9.53 Å². The van der Waals surface area contributed by atoms with Gasteiger partial charge in [-0.15, -0.1) is 0 Å². The normalized spacial score (nSPS) is 43.6. The minimum absolute atomic E-state index is 0.107. The van der Waals surface area contributed by atoms with Gasteiger partial charge in [-0.1, -0.05) is 26.7 Å². The van der Waals surface area contributed by atoms with Gasteiger partial charge in [0.2, 0.25) is 0 Å². The Morgan fingerprint density at radius 1 is 1.25 bits per heavy atom. The van der Waals surface area contributed by atoms with Crippen molar-refractivity contribution in [3.8, 4) is 0 Å². The molecule has 2 nitrogen and oxygen atoms in total. The smallest absolute Gasteiger partial charge is 0.302 e. The Morgan fingerprint density at radius 3 is 2.69 bits per heavy atom. The number of carbonyl (C=O) groups excluding carboxylic acids is 1. The molecule has 92 valence electrons. The summed E-state index contributed by atoms with van der Waals surface area (Å²) in [6.07, 6.45) is 7.94. The maximum Gasteiger partial charge on any atom is 0.302 e. The predicted octanol–water partition coefficient (Wildman–Crippen LogP) is 3.54. The number of esters is 1. The van der Waals surface area contributed by atoms with Gasteiger partial charge in [0, 0.05) is 12.3 Å². The maximum absolute atomic E-state index is 11.3. The maximum atomic E-state index is 11.3. The molecule has 0 spiro atoms. The molecule has 0 amide bonds. The lowest BCUT2D eigenvalue weighted by Gasteiger charge is -2.52. The van der Waals surface area contributed by atoms with E-state index in [-0.39, 0.29) is 17.5 Å². The van der Waals surface area contributed by atoms with Crippen molar-refractivity contribution in [3.63, 3.8) is 0 Å². The molecule has 16 heavy (non-hydrogen) atoms. The zero-order chi connectivity index (χ0) is 11.8. The number of carbonyl (C=O) groups is 1. The van der Waals surface area contributed by atoms with E-state index in [1.807, 2.05) is 0 Å². The van der Waals surface area contributed by atoms with Crippen molar-refractivity contribution in [1.29, 1.82) is 0 Å². The number of rotatable bonds is 1. The Morgan fingerprint density at radius 2 is 2.00 bits per heavy atom. The largest absolute Gasteiger partial charge is 0.462 e. The van der Waals surface area contributed by atoms with Crippen molar-refractivity contribution >= 4 is 5.97 Å². The monoisotopic (exact) mass is 224 g/mol. The van der Waals surface area contributed by atoms with E-state index in [1.165, 1.54) is 38.5 Å². The highest BCUT2D eigenvalue weighted by Gasteiger charge is 2.49. The fourth-order valence-corrected chi connectivity index (χ4v) is 3.97. The second-order valence-electron chi connectivity index (χ2n) is 6.03. The van der Waals surface area contributed by atoms with E-state index >= 15 is 0 Å². The fraction of sp³-hybridized carbons (Fsp3) is 0.929. The minimum atomic E-state index is -0.107. The summed E-state index contributed by atoms with van der Waals surface area (Å²) in [7, 11) is 0. The highest BCUT2D eigenvalue weighted by molar-refractivity contribution is 5.66. The van der Waals surface area contributed by atoms with Crippen molar-refractivity contribution in [2.45, 2.75) is 65.4 Å². The molecule has 2 aliphatic rings. The third-order valence-electron chi connectivity index (χ3n) is 4.88. The zero-order valence-corrected chi connectivity index (χ0v) is 10.8. The van der Waals surface area contributed by atoms with Gasteiger partial charge in [-0.05, 0) is 37.5 Å². The Bertz CT molecular complexity index is 274. The Labute approximate surface area is 98.7 Å². The molecule has 0 aromatic rings. The minimum Gasteiger partial charge on any atom is -0.462 e. The van der Waals surface area contributed by atoms with E-state index in [9.17, 15) is 4.79 Å². The van der Waals surface area contributed by atoms with Gasteiger partial charge in [-0.3, -0.25) is 4.79 Å². The van der Waals surface area contributed by atoms with E-state index in [0.29, 0.717) is 5.92 Å². The van der Waals surface area contributed by atoms with Gasteiger partial charge >= 0.3 is 5.97 Å². The average molecular weight is 224 g/mol. The highest BCUT2D eigenvalue weighted by atomic mass is 16.5. The summed E-state index contributed by atoms with van der Waals surface area (Å²) in [6.45, 7) is 6.13. The van der Waals surface area contributed by atoms with Crippen LogP contribution < -0.4 is 0 Å². The molecule has 2 aliphatic carbocycles. The lowest BCUT2D eigenvalue weighted by Crippen LogP contribution is -2.50. The lowest BCUT2D eigenvalue weighted by atomic mass is 9.56. The van der Waals surface area contributed by atoms with Crippen molar-refractivity contribution in [1.82, 2.24) is 0 Å². The molecule has 0 radical (unpaired) electrons. The van der Waals surface area contributed by atoms with Crippen LogP contribution in [0.3, 0.4) is 0 Å². The molecule has 0 heterocycles. The van der Waals surface area contributed by atoms with Gasteiger partial charge in [0.25, 0.3) is 0 Å². The highest BCUT2D eigenvalue weighted by Crippen LogP contribution is 2.52. The molecule has 0 saturated heterocycles. The van der Waals surface area contributed by atoms with Crippen LogP contribution >= 0.6 is 0 Å². The molecular formula is C14H24O2. The van der Waals surface area contributed by atoms with E-state index in [2.05, 4.69) is 13.8 Å². The first-order chi connectivity index (χ1) is 7.54. The number of fused-ring (bicyclic) bond motifs is 1. The molecule has 4 atom stereocenters. The molecule has 0 N–H and O–H groups in total. The predicted molar refractivity (Wildman–Crippen MR) is 64.0 cm³/mol. The second kappa shape index (κ2) is 4.38. The Kier molecular flexibility index (Phi) is 3.27. The second-order valence-corrected chi connectivity index (χ2v) is 6.03. The van der Waals surface area contributed by atoms with Gasteiger partial charge in [0.05, 0.1) is 0 Å². The number of hydrogen-bond donors (Lipinski definition) is 0. The standard InChI is InChI=1S/C14H24O2/c1-10-7-8-12-6-4-5-9-14(12,3)13(10)16-11(2)15/h10,12-13H,4-9H2,1-3H3/t10-,12?,13-,14?/m0/s1. The summed E-state index contributed by atoms with van der Waals surface area (Å²) >= 11 is 0. The summed E-state index contributed by atoms with van der Waals surface area (Å²) in [4.78, 5) is 11.3. The number of hydrogen-bond acceptors (Lipinski definition) is 2. The molecule has 0 bridgehead atoms. The molecule has 0 aromatic carbocycles. The molecular weight excluding hydrogens is 200 g/mol. The van der Waals surface area contributed by atoms with Gasteiger partial charge in [-0.2, -0.15) is 0 Å². The van der Waals surface area contributed by atoms with Crippen molar-refractivity contribution in [3.05, 3.63) is 0 Å². The van der Waals surface area contributed by atoms with E-state index in [4.69, 9.17) is 4.74 Å². The third-order valence-corrected chi connectivity index (χ3v) is 4.88. The Hall–Kier alpha value is -0.530. The third kappa shape index (κ3) is 1.99. The van der Waals surface area contributed by atoms with Crippen molar-refractivity contribution in [2.75, 3.05) is 0 Å². The van der Waals surface area contributed by atoms with Crippen LogP contribution in [0.5, 0.6) is 0 Å². The zero-order valence-electron chi connectivity index (χ0n) is 10.8. The first-order valence-electron chi connectivity index (χ1n) is 6.71. The van der Waals surface area contributed by atoms with Crippen LogP contribution in [0.2, 0.25) is 0 Å². The summed E-state index contributed by atoms with van der Waals surface area (Å²) in [5.41, 5.74) is 0.252. The van der Waals surface area contributed by atoms with Crippen molar-refractivity contribution in [2.24, 2.45) is 17.3 Å². The van der Waals surface area contributed by atoms with E-state index in [0.717, 1.165) is 5.92 Å².